The van der Waals surface area contributed by atoms with E-state index in [1.54, 1.807) is 12.3 Å². The van der Waals surface area contributed by atoms with Gasteiger partial charge in [0.25, 0.3) is 0 Å². The number of nitrogens with zero attached hydrogens (tertiary/aromatic N) is 2. The second kappa shape index (κ2) is 6.40. The highest BCUT2D eigenvalue weighted by Crippen LogP contribution is 2.37. The Labute approximate surface area is 124 Å². The zero-order chi connectivity index (χ0) is 15.5. The SMILES string of the molecule is CCNC(c1cnc(C(F)(F)F)s1)c1ccncc1OC. The fraction of sp³-hybridized carbons (Fsp3) is 0.385. The van der Waals surface area contributed by atoms with Gasteiger partial charge in [-0.15, -0.1) is 11.3 Å². The first-order valence-electron chi connectivity index (χ1n) is 6.21. The van der Waals surface area contributed by atoms with Gasteiger partial charge in [-0.2, -0.15) is 13.2 Å². The third-order valence-electron chi connectivity index (χ3n) is 2.81. The molecule has 0 aromatic carbocycles. The summed E-state index contributed by atoms with van der Waals surface area (Å²) in [6, 6.07) is 1.31. The fourth-order valence-electron chi connectivity index (χ4n) is 1.92. The Morgan fingerprint density at radius 3 is 2.71 bits per heavy atom. The van der Waals surface area contributed by atoms with E-state index in [2.05, 4.69) is 15.3 Å². The van der Waals surface area contributed by atoms with Gasteiger partial charge in [-0.1, -0.05) is 6.92 Å². The molecule has 0 bridgehead atoms. The van der Waals surface area contributed by atoms with Crippen molar-refractivity contribution >= 4 is 11.3 Å². The van der Waals surface area contributed by atoms with Crippen molar-refractivity contribution in [1.82, 2.24) is 15.3 Å². The number of methoxy groups -OCH3 is 1. The van der Waals surface area contributed by atoms with Crippen LogP contribution < -0.4 is 10.1 Å². The third kappa shape index (κ3) is 3.51. The Kier molecular flexibility index (Phi) is 4.79. The van der Waals surface area contributed by atoms with Crippen molar-refractivity contribution in [2.75, 3.05) is 13.7 Å². The highest BCUT2D eigenvalue weighted by molar-refractivity contribution is 7.11. The molecule has 0 spiro atoms. The lowest BCUT2D eigenvalue weighted by Gasteiger charge is -2.18. The maximum Gasteiger partial charge on any atom is 0.443 e. The van der Waals surface area contributed by atoms with E-state index in [-0.39, 0.29) is 0 Å². The first kappa shape index (κ1) is 15.7. The van der Waals surface area contributed by atoms with Crippen LogP contribution in [0.4, 0.5) is 13.2 Å². The standard InChI is InChI=1S/C13H14F3N3OS/c1-3-18-11(8-4-5-17-6-9(8)20-2)10-7-19-12(21-10)13(14,15)16/h4-7,11,18H,3H2,1-2H3. The Hall–Kier alpha value is -1.67. The minimum atomic E-state index is -4.43. The van der Waals surface area contributed by atoms with Crippen LogP contribution in [0.3, 0.4) is 0 Å². The van der Waals surface area contributed by atoms with Crippen LogP contribution in [0, 0.1) is 0 Å². The van der Waals surface area contributed by atoms with Crippen LogP contribution in [-0.4, -0.2) is 23.6 Å². The number of halogens is 3. The number of ether oxygens (including phenoxy) is 1. The van der Waals surface area contributed by atoms with E-state index in [9.17, 15) is 13.2 Å². The Bertz CT molecular complexity index is 600. The number of alkyl halides is 3. The van der Waals surface area contributed by atoms with Gasteiger partial charge in [0.05, 0.1) is 19.3 Å². The van der Waals surface area contributed by atoms with Gasteiger partial charge >= 0.3 is 6.18 Å². The van der Waals surface area contributed by atoms with Crippen molar-refractivity contribution in [3.8, 4) is 5.75 Å². The molecule has 21 heavy (non-hydrogen) atoms. The molecule has 0 aliphatic heterocycles. The van der Waals surface area contributed by atoms with E-state index in [4.69, 9.17) is 4.74 Å². The monoisotopic (exact) mass is 317 g/mol. The van der Waals surface area contributed by atoms with Gasteiger partial charge in [0.1, 0.15) is 5.75 Å². The van der Waals surface area contributed by atoms with E-state index >= 15 is 0 Å². The molecular formula is C13H14F3N3OS. The van der Waals surface area contributed by atoms with Crippen LogP contribution in [0.5, 0.6) is 5.75 Å². The predicted octanol–water partition coefficient (Wildman–Crippen LogP) is 3.26. The molecule has 0 saturated carbocycles. The summed E-state index contributed by atoms with van der Waals surface area (Å²) in [6.45, 7) is 2.47. The van der Waals surface area contributed by atoms with E-state index in [1.807, 2.05) is 6.92 Å². The first-order chi connectivity index (χ1) is 9.97. The van der Waals surface area contributed by atoms with Crippen molar-refractivity contribution in [1.29, 1.82) is 0 Å². The van der Waals surface area contributed by atoms with Crippen LogP contribution in [-0.2, 0) is 6.18 Å². The van der Waals surface area contributed by atoms with Crippen molar-refractivity contribution in [2.45, 2.75) is 19.1 Å². The van der Waals surface area contributed by atoms with Gasteiger partial charge in [-0.3, -0.25) is 4.98 Å². The van der Waals surface area contributed by atoms with Crippen LogP contribution in [0.15, 0.2) is 24.7 Å². The van der Waals surface area contributed by atoms with Gasteiger partial charge in [0.15, 0.2) is 5.01 Å². The molecule has 2 heterocycles. The third-order valence-corrected chi connectivity index (χ3v) is 3.91. The summed E-state index contributed by atoms with van der Waals surface area (Å²) < 4.78 is 43.3. The number of nitrogens with one attached hydrogen (secondary N) is 1. The number of hydrogen-bond donors (Lipinski definition) is 1. The van der Waals surface area contributed by atoms with E-state index in [0.29, 0.717) is 28.5 Å². The second-order valence-corrected chi connectivity index (χ2v) is 5.24. The molecule has 0 aliphatic rings. The number of thiazole rings is 1. The molecule has 0 aliphatic carbocycles. The van der Waals surface area contributed by atoms with E-state index < -0.39 is 17.2 Å². The smallest absolute Gasteiger partial charge is 0.443 e. The van der Waals surface area contributed by atoms with Crippen LogP contribution in [0.2, 0.25) is 0 Å². The first-order valence-corrected chi connectivity index (χ1v) is 7.03. The van der Waals surface area contributed by atoms with Gasteiger partial charge in [0.2, 0.25) is 0 Å². The Morgan fingerprint density at radius 1 is 1.38 bits per heavy atom. The zero-order valence-electron chi connectivity index (χ0n) is 11.4. The summed E-state index contributed by atoms with van der Waals surface area (Å²) >= 11 is 0.627. The molecule has 1 N–H and O–H groups in total. The average Bonchev–Trinajstić information content (AvgIpc) is 2.94. The Balaban J connectivity index is 2.41. The molecule has 8 heteroatoms. The second-order valence-electron chi connectivity index (χ2n) is 4.17. The summed E-state index contributed by atoms with van der Waals surface area (Å²) in [5, 5.41) is 2.30. The summed E-state index contributed by atoms with van der Waals surface area (Å²) in [5.74, 6) is 0.519. The van der Waals surface area contributed by atoms with Crippen molar-refractivity contribution in [2.24, 2.45) is 0 Å². The largest absolute Gasteiger partial charge is 0.495 e. The highest BCUT2D eigenvalue weighted by Gasteiger charge is 2.35. The van der Waals surface area contributed by atoms with Gasteiger partial charge in [-0.05, 0) is 12.6 Å². The summed E-state index contributed by atoms with van der Waals surface area (Å²) in [4.78, 5) is 7.90. The van der Waals surface area contributed by atoms with Gasteiger partial charge in [0, 0.05) is 22.8 Å². The number of rotatable bonds is 5. The minimum absolute atomic E-state index is 0.415. The van der Waals surface area contributed by atoms with E-state index in [0.717, 1.165) is 5.56 Å². The van der Waals surface area contributed by atoms with Crippen LogP contribution in [0.1, 0.15) is 28.4 Å². The molecule has 1 atom stereocenters. The molecule has 0 radical (unpaired) electrons. The van der Waals surface area contributed by atoms with E-state index in [1.165, 1.54) is 19.5 Å². The lowest BCUT2D eigenvalue weighted by molar-refractivity contribution is -0.137. The van der Waals surface area contributed by atoms with Crippen LogP contribution >= 0.6 is 11.3 Å². The number of hydrogen-bond acceptors (Lipinski definition) is 5. The molecule has 4 nitrogen and oxygen atoms in total. The van der Waals surface area contributed by atoms with Gasteiger partial charge < -0.3 is 10.1 Å². The predicted molar refractivity (Wildman–Crippen MR) is 73.4 cm³/mol. The maximum atomic E-state index is 12.7. The molecular weight excluding hydrogens is 303 g/mol. The lowest BCUT2D eigenvalue weighted by atomic mass is 10.1. The van der Waals surface area contributed by atoms with Crippen LogP contribution in [0.25, 0.3) is 0 Å². The summed E-state index contributed by atoms with van der Waals surface area (Å²) in [7, 11) is 1.50. The van der Waals surface area contributed by atoms with Crippen molar-refractivity contribution < 1.29 is 17.9 Å². The molecule has 0 saturated heterocycles. The van der Waals surface area contributed by atoms with Crippen molar-refractivity contribution in [3.05, 3.63) is 40.1 Å². The fourth-order valence-corrected chi connectivity index (χ4v) is 2.80. The van der Waals surface area contributed by atoms with Crippen molar-refractivity contribution in [3.63, 3.8) is 0 Å². The minimum Gasteiger partial charge on any atom is -0.495 e. The summed E-state index contributed by atoms with van der Waals surface area (Å²) in [6.07, 6.45) is -0.0675. The molecule has 2 rings (SSSR count). The molecule has 1 unspecified atom stereocenters. The molecule has 2 aromatic heterocycles. The highest BCUT2D eigenvalue weighted by atomic mass is 32.1. The zero-order valence-corrected chi connectivity index (χ0v) is 12.3. The normalized spacial score (nSPS) is 13.2. The average molecular weight is 317 g/mol. The molecule has 2 aromatic rings. The topological polar surface area (TPSA) is 47.0 Å². The lowest BCUT2D eigenvalue weighted by Crippen LogP contribution is -2.21. The number of aromatic nitrogens is 2. The Morgan fingerprint density at radius 2 is 2.14 bits per heavy atom. The molecule has 0 fully saturated rings. The number of pyridine rings is 1. The summed E-state index contributed by atoms with van der Waals surface area (Å²) in [5.41, 5.74) is 0.728. The molecule has 0 amide bonds. The maximum absolute atomic E-state index is 12.7. The molecule has 114 valence electrons. The quantitative estimate of drug-likeness (QED) is 0.919. The van der Waals surface area contributed by atoms with Gasteiger partial charge in [-0.25, -0.2) is 4.98 Å².